The van der Waals surface area contributed by atoms with Crippen LogP contribution in [0.2, 0.25) is 10.0 Å². The fraction of sp³-hybridized carbons (Fsp3) is 0.0357. The minimum absolute atomic E-state index is 0.0340. The highest BCUT2D eigenvalue weighted by Gasteiger charge is 2.17. The van der Waals surface area contributed by atoms with Gasteiger partial charge in [0.25, 0.3) is 0 Å². The molecule has 4 nitrogen and oxygen atoms in total. The number of rotatable bonds is 5. The average molecular weight is 491 g/mol. The lowest BCUT2D eigenvalue weighted by atomic mass is 9.98. The number of carbonyl (C=O) groups is 3. The van der Waals surface area contributed by atoms with E-state index in [9.17, 15) is 14.4 Å². The van der Waals surface area contributed by atoms with E-state index in [2.05, 4.69) is 4.74 Å². The van der Waals surface area contributed by atoms with Gasteiger partial charge >= 0.3 is 5.97 Å². The molecule has 6 heteroatoms. The van der Waals surface area contributed by atoms with E-state index in [4.69, 9.17) is 23.2 Å². The second-order valence-electron chi connectivity index (χ2n) is 7.08. The molecule has 0 aliphatic rings. The molecule has 170 valence electrons. The molecule has 0 N–H and O–H groups in total. The summed E-state index contributed by atoms with van der Waals surface area (Å²) in [4.78, 5) is 35.9. The first kappa shape index (κ1) is 24.9. The Morgan fingerprint density at radius 2 is 0.941 bits per heavy atom. The van der Waals surface area contributed by atoms with Crippen LogP contribution in [-0.2, 0) is 4.74 Å². The van der Waals surface area contributed by atoms with Crippen molar-refractivity contribution in [2.75, 3.05) is 7.11 Å². The van der Waals surface area contributed by atoms with Crippen LogP contribution in [-0.4, -0.2) is 24.6 Å². The van der Waals surface area contributed by atoms with Gasteiger partial charge < -0.3 is 4.74 Å². The highest BCUT2D eigenvalue weighted by atomic mass is 35.5. The van der Waals surface area contributed by atoms with Crippen molar-refractivity contribution in [1.29, 1.82) is 0 Å². The van der Waals surface area contributed by atoms with Crippen LogP contribution in [0.15, 0.2) is 103 Å². The Morgan fingerprint density at radius 3 is 1.41 bits per heavy atom. The molecular weight excluding hydrogens is 471 g/mol. The fourth-order valence-electron chi connectivity index (χ4n) is 3.08. The maximum absolute atomic E-state index is 12.3. The van der Waals surface area contributed by atoms with Gasteiger partial charge in [0.2, 0.25) is 0 Å². The van der Waals surface area contributed by atoms with Crippen molar-refractivity contribution >= 4 is 40.7 Å². The van der Waals surface area contributed by atoms with Crippen molar-refractivity contribution in [2.24, 2.45) is 0 Å². The first-order valence-corrected chi connectivity index (χ1v) is 11.0. The summed E-state index contributed by atoms with van der Waals surface area (Å²) < 4.78 is 4.67. The summed E-state index contributed by atoms with van der Waals surface area (Å²) in [6.07, 6.45) is 0. The van der Waals surface area contributed by atoms with Gasteiger partial charge in [-0.15, -0.1) is 0 Å². The normalized spacial score (nSPS) is 9.97. The maximum atomic E-state index is 12.3. The van der Waals surface area contributed by atoms with Crippen molar-refractivity contribution in [3.8, 4) is 0 Å². The molecule has 0 atom stereocenters. The van der Waals surface area contributed by atoms with E-state index < -0.39 is 5.97 Å². The van der Waals surface area contributed by atoms with Crippen molar-refractivity contribution in [3.63, 3.8) is 0 Å². The highest BCUT2D eigenvalue weighted by Crippen LogP contribution is 2.17. The molecule has 34 heavy (non-hydrogen) atoms. The minimum atomic E-state index is -0.505. The molecule has 4 rings (SSSR count). The van der Waals surface area contributed by atoms with Crippen LogP contribution in [0.1, 0.15) is 42.2 Å². The third-order valence-electron chi connectivity index (χ3n) is 4.83. The van der Waals surface area contributed by atoms with E-state index in [1.165, 1.54) is 7.11 Å². The van der Waals surface area contributed by atoms with E-state index in [1.807, 2.05) is 6.07 Å². The Labute approximate surface area is 207 Å². The van der Waals surface area contributed by atoms with Gasteiger partial charge in [-0.2, -0.15) is 0 Å². The number of hydrogen-bond acceptors (Lipinski definition) is 4. The summed E-state index contributed by atoms with van der Waals surface area (Å²) >= 11 is 11.5. The van der Waals surface area contributed by atoms with Gasteiger partial charge in [-0.25, -0.2) is 4.79 Å². The third-order valence-corrected chi connectivity index (χ3v) is 5.33. The van der Waals surface area contributed by atoms with E-state index in [-0.39, 0.29) is 17.1 Å². The average Bonchev–Trinajstić information content (AvgIpc) is 2.89. The molecule has 0 aromatic heterocycles. The number of esters is 1. The van der Waals surface area contributed by atoms with Crippen LogP contribution in [0.3, 0.4) is 0 Å². The van der Waals surface area contributed by atoms with Gasteiger partial charge in [0.15, 0.2) is 11.6 Å². The molecule has 0 spiro atoms. The second kappa shape index (κ2) is 11.9. The van der Waals surface area contributed by atoms with E-state index >= 15 is 0 Å². The van der Waals surface area contributed by atoms with Crippen molar-refractivity contribution < 1.29 is 19.1 Å². The first-order chi connectivity index (χ1) is 16.4. The standard InChI is InChI=1S/C15H12O3.C13H8Cl2O/c1-18-15(17)13-10-6-5-9-12(13)14(16)11-7-3-2-4-8-11;14-11-5-1-9(2-6-11)13(16)10-3-7-12(15)8-4-10/h2-10H,1H3;1-8H. The lowest BCUT2D eigenvalue weighted by molar-refractivity contribution is 0.0597. The first-order valence-electron chi connectivity index (χ1n) is 10.2. The van der Waals surface area contributed by atoms with Crippen LogP contribution >= 0.6 is 23.2 Å². The van der Waals surface area contributed by atoms with Gasteiger partial charge in [-0.3, -0.25) is 9.59 Å². The number of ketones is 2. The zero-order chi connectivity index (χ0) is 24.5. The summed E-state index contributed by atoms with van der Waals surface area (Å²) in [6.45, 7) is 0. The largest absolute Gasteiger partial charge is 0.465 e. The zero-order valence-electron chi connectivity index (χ0n) is 18.2. The second-order valence-corrected chi connectivity index (χ2v) is 7.95. The number of hydrogen-bond donors (Lipinski definition) is 0. The summed E-state index contributed by atoms with van der Waals surface area (Å²) in [5.41, 5.74) is 2.43. The van der Waals surface area contributed by atoms with Gasteiger partial charge in [-0.1, -0.05) is 71.7 Å². The Hall–Kier alpha value is -3.73. The van der Waals surface area contributed by atoms with Crippen molar-refractivity contribution in [1.82, 2.24) is 0 Å². The molecule has 0 aliphatic carbocycles. The Morgan fingerprint density at radius 1 is 0.529 bits per heavy atom. The predicted octanol–water partition coefficient (Wildman–Crippen LogP) is 6.93. The van der Waals surface area contributed by atoms with Crippen LogP contribution in [0.4, 0.5) is 0 Å². The lowest BCUT2D eigenvalue weighted by Gasteiger charge is -2.06. The van der Waals surface area contributed by atoms with Gasteiger partial charge in [-0.05, 0) is 54.6 Å². The molecule has 0 heterocycles. The van der Waals surface area contributed by atoms with Crippen LogP contribution in [0, 0.1) is 0 Å². The number of halogens is 2. The lowest BCUT2D eigenvalue weighted by Crippen LogP contribution is -2.11. The SMILES string of the molecule is COC(=O)c1ccccc1C(=O)c1ccccc1.O=C(c1ccc(Cl)cc1)c1ccc(Cl)cc1. The molecule has 0 saturated heterocycles. The smallest absolute Gasteiger partial charge is 0.338 e. The number of ether oxygens (including phenoxy) is 1. The summed E-state index contributed by atoms with van der Waals surface area (Å²) in [5.74, 6) is -0.722. The monoisotopic (exact) mass is 490 g/mol. The Balaban J connectivity index is 0.000000192. The number of benzene rings is 4. The van der Waals surface area contributed by atoms with E-state index in [0.717, 1.165) is 0 Å². The summed E-state index contributed by atoms with van der Waals surface area (Å²) in [6, 6.07) is 29.1. The van der Waals surface area contributed by atoms with Crippen LogP contribution < -0.4 is 0 Å². The topological polar surface area (TPSA) is 60.4 Å². The molecule has 0 aliphatic heterocycles. The third kappa shape index (κ3) is 6.41. The fourth-order valence-corrected chi connectivity index (χ4v) is 3.34. The molecule has 0 bridgehead atoms. The van der Waals surface area contributed by atoms with Crippen LogP contribution in [0.25, 0.3) is 0 Å². The summed E-state index contributed by atoms with van der Waals surface area (Å²) in [5, 5.41) is 1.24. The van der Waals surface area contributed by atoms with Crippen molar-refractivity contribution in [2.45, 2.75) is 0 Å². The molecule has 0 saturated carbocycles. The predicted molar refractivity (Wildman–Crippen MR) is 134 cm³/mol. The molecule has 4 aromatic carbocycles. The zero-order valence-corrected chi connectivity index (χ0v) is 19.7. The highest BCUT2D eigenvalue weighted by molar-refractivity contribution is 6.31. The van der Waals surface area contributed by atoms with Crippen molar-refractivity contribution in [3.05, 3.63) is 141 Å². The van der Waals surface area contributed by atoms with Crippen LogP contribution in [0.5, 0.6) is 0 Å². The minimum Gasteiger partial charge on any atom is -0.465 e. The summed E-state index contributed by atoms with van der Waals surface area (Å²) in [7, 11) is 1.30. The quantitative estimate of drug-likeness (QED) is 0.224. The van der Waals surface area contributed by atoms with Gasteiger partial charge in [0.1, 0.15) is 0 Å². The molecule has 0 amide bonds. The molecule has 0 fully saturated rings. The maximum Gasteiger partial charge on any atom is 0.338 e. The van der Waals surface area contributed by atoms with E-state index in [1.54, 1.807) is 97.1 Å². The van der Waals surface area contributed by atoms with Gasteiger partial charge in [0.05, 0.1) is 12.7 Å². The Bertz CT molecular complexity index is 1230. The molecule has 0 radical (unpaired) electrons. The van der Waals surface area contributed by atoms with E-state index in [0.29, 0.717) is 32.3 Å². The molecular formula is C28H20Cl2O4. The molecule has 0 unspecified atom stereocenters. The number of carbonyl (C=O) groups excluding carboxylic acids is 3. The van der Waals surface area contributed by atoms with Gasteiger partial charge in [0, 0.05) is 32.3 Å². The number of methoxy groups -OCH3 is 1. The Kier molecular flexibility index (Phi) is 8.74. The molecule has 4 aromatic rings.